The Hall–Kier alpha value is -2.71. The lowest BCUT2D eigenvalue weighted by Gasteiger charge is -2.21. The number of imidazole rings is 1. The maximum absolute atomic E-state index is 12.1. The van der Waals surface area contributed by atoms with Crippen molar-refractivity contribution in [2.75, 3.05) is 17.7 Å². The maximum Gasteiger partial charge on any atom is 0.226 e. The third kappa shape index (κ3) is 4.49. The van der Waals surface area contributed by atoms with E-state index in [0.29, 0.717) is 48.1 Å². The summed E-state index contributed by atoms with van der Waals surface area (Å²) in [4.78, 5) is 21.3. The van der Waals surface area contributed by atoms with Crippen molar-refractivity contribution in [3.63, 3.8) is 0 Å². The van der Waals surface area contributed by atoms with E-state index in [4.69, 9.17) is 10.5 Å². The molecule has 2 aromatic heterocycles. The van der Waals surface area contributed by atoms with E-state index in [0.717, 1.165) is 10.9 Å². The monoisotopic (exact) mass is 399 g/mol. The van der Waals surface area contributed by atoms with Gasteiger partial charge in [-0.15, -0.1) is 0 Å². The lowest BCUT2D eigenvalue weighted by atomic mass is 10.1. The van der Waals surface area contributed by atoms with Crippen molar-refractivity contribution < 1.29 is 14.6 Å². The SMILES string of the molecule is CCOCc1nc2c(N)nc3ccc(NC(=O)C(C)C)cc3c2n1CC(C)(C)O. The van der Waals surface area contributed by atoms with Crippen LogP contribution in [0.15, 0.2) is 18.2 Å². The average molecular weight is 399 g/mol. The van der Waals surface area contributed by atoms with E-state index in [2.05, 4.69) is 15.3 Å². The second-order valence-electron chi connectivity index (χ2n) is 8.13. The number of nitrogens with two attached hydrogens (primary N) is 1. The van der Waals surface area contributed by atoms with Crippen molar-refractivity contribution in [2.45, 2.75) is 53.4 Å². The number of nitrogens with one attached hydrogen (secondary N) is 1. The summed E-state index contributed by atoms with van der Waals surface area (Å²) in [6.45, 7) is 10.2. The molecule has 8 nitrogen and oxygen atoms in total. The van der Waals surface area contributed by atoms with E-state index < -0.39 is 5.60 Å². The number of amides is 1. The van der Waals surface area contributed by atoms with E-state index in [9.17, 15) is 9.90 Å². The molecule has 4 N–H and O–H groups in total. The highest BCUT2D eigenvalue weighted by molar-refractivity contribution is 6.08. The van der Waals surface area contributed by atoms with Gasteiger partial charge in [-0.3, -0.25) is 4.79 Å². The average Bonchev–Trinajstić information content (AvgIpc) is 2.98. The van der Waals surface area contributed by atoms with Gasteiger partial charge in [-0.1, -0.05) is 13.8 Å². The van der Waals surface area contributed by atoms with E-state index in [1.807, 2.05) is 37.5 Å². The van der Waals surface area contributed by atoms with Gasteiger partial charge in [0.1, 0.15) is 17.9 Å². The van der Waals surface area contributed by atoms with Crippen molar-refractivity contribution in [1.29, 1.82) is 0 Å². The van der Waals surface area contributed by atoms with Crippen LogP contribution in [0.4, 0.5) is 11.5 Å². The molecule has 0 fully saturated rings. The van der Waals surface area contributed by atoms with Crippen molar-refractivity contribution in [1.82, 2.24) is 14.5 Å². The van der Waals surface area contributed by atoms with Gasteiger partial charge in [0.25, 0.3) is 0 Å². The number of hydrogen-bond acceptors (Lipinski definition) is 6. The molecule has 0 bridgehead atoms. The van der Waals surface area contributed by atoms with E-state index in [1.165, 1.54) is 0 Å². The number of hydrogen-bond donors (Lipinski definition) is 3. The van der Waals surface area contributed by atoms with Gasteiger partial charge in [0.2, 0.25) is 5.91 Å². The highest BCUT2D eigenvalue weighted by Gasteiger charge is 2.23. The number of nitrogen functional groups attached to an aromatic ring is 1. The molecule has 0 aliphatic carbocycles. The Kier molecular flexibility index (Phi) is 5.77. The number of aliphatic hydroxyl groups is 1. The van der Waals surface area contributed by atoms with Crippen LogP contribution in [0.2, 0.25) is 0 Å². The summed E-state index contributed by atoms with van der Waals surface area (Å²) < 4.78 is 7.51. The molecule has 0 aliphatic rings. The molecule has 3 aromatic rings. The Labute approximate surface area is 170 Å². The molecule has 0 radical (unpaired) electrons. The van der Waals surface area contributed by atoms with Gasteiger partial charge in [-0.2, -0.15) is 0 Å². The van der Waals surface area contributed by atoms with E-state index in [-0.39, 0.29) is 11.8 Å². The van der Waals surface area contributed by atoms with Crippen LogP contribution in [-0.2, 0) is 22.7 Å². The minimum Gasteiger partial charge on any atom is -0.389 e. The number of aromatic nitrogens is 3. The first-order valence-electron chi connectivity index (χ1n) is 9.80. The minimum atomic E-state index is -0.970. The zero-order valence-electron chi connectivity index (χ0n) is 17.6. The Morgan fingerprint density at radius 2 is 2.07 bits per heavy atom. The predicted molar refractivity (Wildman–Crippen MR) is 115 cm³/mol. The van der Waals surface area contributed by atoms with Crippen LogP contribution in [0.3, 0.4) is 0 Å². The number of nitrogens with zero attached hydrogens (tertiary/aromatic N) is 3. The van der Waals surface area contributed by atoms with Crippen LogP contribution in [0.5, 0.6) is 0 Å². The first kappa shape index (κ1) is 21.0. The fourth-order valence-electron chi connectivity index (χ4n) is 3.18. The van der Waals surface area contributed by atoms with Gasteiger partial charge < -0.3 is 25.5 Å². The molecule has 0 saturated carbocycles. The van der Waals surface area contributed by atoms with Gasteiger partial charge in [0.15, 0.2) is 5.82 Å². The molecule has 0 saturated heterocycles. The minimum absolute atomic E-state index is 0.0639. The van der Waals surface area contributed by atoms with Gasteiger partial charge in [0, 0.05) is 23.6 Å². The van der Waals surface area contributed by atoms with Crippen molar-refractivity contribution in [3.8, 4) is 0 Å². The lowest BCUT2D eigenvalue weighted by Crippen LogP contribution is -2.27. The van der Waals surface area contributed by atoms with Crippen LogP contribution >= 0.6 is 0 Å². The molecule has 0 aliphatic heterocycles. The first-order chi connectivity index (χ1) is 13.6. The lowest BCUT2D eigenvalue weighted by molar-refractivity contribution is -0.118. The van der Waals surface area contributed by atoms with E-state index in [1.54, 1.807) is 19.9 Å². The molecule has 0 unspecified atom stereocenters. The second-order valence-corrected chi connectivity index (χ2v) is 8.13. The Bertz CT molecular complexity index is 1050. The third-order valence-electron chi connectivity index (χ3n) is 4.55. The van der Waals surface area contributed by atoms with Crippen molar-refractivity contribution in [3.05, 3.63) is 24.0 Å². The zero-order valence-corrected chi connectivity index (χ0v) is 17.6. The van der Waals surface area contributed by atoms with Crippen molar-refractivity contribution >= 4 is 39.3 Å². The first-order valence-corrected chi connectivity index (χ1v) is 9.80. The molecule has 29 heavy (non-hydrogen) atoms. The Morgan fingerprint density at radius 1 is 1.34 bits per heavy atom. The second kappa shape index (κ2) is 7.96. The summed E-state index contributed by atoms with van der Waals surface area (Å²) >= 11 is 0. The molecule has 1 amide bonds. The number of carbonyl (C=O) groups excluding carboxylic acids is 1. The highest BCUT2D eigenvalue weighted by atomic mass is 16.5. The standard InChI is InChI=1S/C21H29N5O3/c1-6-29-10-16-25-17-18(26(16)11-21(4,5)28)14-9-13(23-20(27)12(2)3)7-8-15(14)24-19(17)22/h7-9,12,28H,6,10-11H2,1-5H3,(H2,22,24)(H,23,27). The summed E-state index contributed by atoms with van der Waals surface area (Å²) in [5.41, 5.74) is 7.92. The quantitative estimate of drug-likeness (QED) is 0.562. The summed E-state index contributed by atoms with van der Waals surface area (Å²) in [6, 6.07) is 5.50. The van der Waals surface area contributed by atoms with E-state index >= 15 is 0 Å². The summed E-state index contributed by atoms with van der Waals surface area (Å²) in [5.74, 6) is 0.792. The Balaban J connectivity index is 2.25. The number of benzene rings is 1. The fraction of sp³-hybridized carbons (Fsp3) is 0.476. The number of rotatable bonds is 7. The number of fused-ring (bicyclic) bond motifs is 3. The normalized spacial score (nSPS) is 12.2. The van der Waals surface area contributed by atoms with Gasteiger partial charge in [-0.25, -0.2) is 9.97 Å². The van der Waals surface area contributed by atoms with Crippen molar-refractivity contribution in [2.24, 2.45) is 5.92 Å². The molecular weight excluding hydrogens is 370 g/mol. The Morgan fingerprint density at radius 3 is 2.69 bits per heavy atom. The molecule has 0 atom stereocenters. The van der Waals surface area contributed by atoms with Crippen LogP contribution < -0.4 is 11.1 Å². The van der Waals surface area contributed by atoms with Crippen LogP contribution in [0.1, 0.15) is 40.4 Å². The number of pyridine rings is 1. The zero-order chi connectivity index (χ0) is 21.3. The molecular formula is C21H29N5O3. The molecule has 156 valence electrons. The third-order valence-corrected chi connectivity index (χ3v) is 4.55. The summed E-state index contributed by atoms with van der Waals surface area (Å²) in [7, 11) is 0. The summed E-state index contributed by atoms with van der Waals surface area (Å²) in [5, 5.41) is 14.2. The number of carbonyl (C=O) groups is 1. The predicted octanol–water partition coefficient (Wildman–Crippen LogP) is 3.07. The highest BCUT2D eigenvalue weighted by Crippen LogP contribution is 2.32. The smallest absolute Gasteiger partial charge is 0.226 e. The van der Waals surface area contributed by atoms with Crippen LogP contribution in [0, 0.1) is 5.92 Å². The number of ether oxygens (including phenoxy) is 1. The van der Waals surface area contributed by atoms with Gasteiger partial charge in [-0.05, 0) is 39.0 Å². The molecule has 3 rings (SSSR count). The number of anilines is 2. The van der Waals surface area contributed by atoms with Gasteiger partial charge >= 0.3 is 0 Å². The van der Waals surface area contributed by atoms with Gasteiger partial charge in [0.05, 0.1) is 23.2 Å². The molecule has 8 heteroatoms. The molecule has 1 aromatic carbocycles. The van der Waals surface area contributed by atoms with Crippen LogP contribution in [0.25, 0.3) is 21.9 Å². The largest absolute Gasteiger partial charge is 0.389 e. The fourth-order valence-corrected chi connectivity index (χ4v) is 3.18. The molecule has 0 spiro atoms. The maximum atomic E-state index is 12.1. The summed E-state index contributed by atoms with van der Waals surface area (Å²) in [6.07, 6.45) is 0. The van der Waals surface area contributed by atoms with Crippen LogP contribution in [-0.4, -0.2) is 37.8 Å². The molecule has 2 heterocycles. The topological polar surface area (TPSA) is 115 Å².